The molecule has 2 fully saturated rings. The van der Waals surface area contributed by atoms with Crippen LogP contribution in [0.15, 0.2) is 35.3 Å². The Morgan fingerprint density at radius 2 is 1.90 bits per heavy atom. The Hall–Kier alpha value is -0.860. The molecule has 1 unspecified atom stereocenters. The van der Waals surface area contributed by atoms with Crippen molar-refractivity contribution in [2.45, 2.75) is 52.5 Å². The first-order valence-electron chi connectivity index (χ1n) is 11.4. The molecule has 1 aromatic carbocycles. The van der Waals surface area contributed by atoms with Crippen molar-refractivity contribution in [1.82, 2.24) is 15.5 Å². The van der Waals surface area contributed by atoms with E-state index in [1.165, 1.54) is 44.5 Å². The van der Waals surface area contributed by atoms with Crippen molar-refractivity contribution in [3.8, 4) is 0 Å². The molecular formula is C24H41IN4O. The average Bonchev–Trinajstić information content (AvgIpc) is 3.21. The number of nitrogens with one attached hydrogen (secondary N) is 2. The molecule has 3 rings (SSSR count). The van der Waals surface area contributed by atoms with Crippen LogP contribution in [0.4, 0.5) is 0 Å². The fourth-order valence-corrected chi connectivity index (χ4v) is 4.36. The van der Waals surface area contributed by atoms with Gasteiger partial charge in [0, 0.05) is 45.4 Å². The van der Waals surface area contributed by atoms with Gasteiger partial charge in [-0.15, -0.1) is 24.0 Å². The highest BCUT2D eigenvalue weighted by atomic mass is 127. The van der Waals surface area contributed by atoms with Gasteiger partial charge < -0.3 is 20.3 Å². The molecule has 0 aliphatic carbocycles. The highest BCUT2D eigenvalue weighted by molar-refractivity contribution is 14.0. The molecule has 0 aromatic heterocycles. The fraction of sp³-hybridized carbons (Fsp3) is 0.708. The summed E-state index contributed by atoms with van der Waals surface area (Å²) >= 11 is 0. The first-order chi connectivity index (χ1) is 14.0. The summed E-state index contributed by atoms with van der Waals surface area (Å²) in [6, 6.07) is 11.2. The molecule has 5 nitrogen and oxygen atoms in total. The van der Waals surface area contributed by atoms with Gasteiger partial charge in [0.05, 0.1) is 6.61 Å². The molecule has 0 bridgehead atoms. The number of halogens is 1. The molecule has 6 heteroatoms. The Morgan fingerprint density at radius 3 is 2.53 bits per heavy atom. The smallest absolute Gasteiger partial charge is 0.191 e. The van der Waals surface area contributed by atoms with Gasteiger partial charge in [0.15, 0.2) is 5.96 Å². The van der Waals surface area contributed by atoms with Crippen molar-refractivity contribution in [2.75, 3.05) is 45.9 Å². The lowest BCUT2D eigenvalue weighted by Crippen LogP contribution is -2.49. The Morgan fingerprint density at radius 1 is 1.17 bits per heavy atom. The van der Waals surface area contributed by atoms with Gasteiger partial charge in [0.25, 0.3) is 0 Å². The van der Waals surface area contributed by atoms with Crippen molar-refractivity contribution in [3.05, 3.63) is 35.9 Å². The lowest BCUT2D eigenvalue weighted by Gasteiger charge is -2.34. The van der Waals surface area contributed by atoms with Crippen LogP contribution in [0.1, 0.15) is 45.6 Å². The third-order valence-electron chi connectivity index (χ3n) is 6.00. The van der Waals surface area contributed by atoms with Crippen molar-refractivity contribution in [2.24, 2.45) is 16.3 Å². The number of benzene rings is 1. The third-order valence-corrected chi connectivity index (χ3v) is 6.00. The minimum Gasteiger partial charge on any atom is -0.381 e. The Labute approximate surface area is 200 Å². The summed E-state index contributed by atoms with van der Waals surface area (Å²) in [6.07, 6.45) is 4.64. The van der Waals surface area contributed by atoms with E-state index >= 15 is 0 Å². The minimum absolute atomic E-state index is 0. The Kier molecular flexibility index (Phi) is 10.9. The molecule has 1 aromatic rings. The molecule has 170 valence electrons. The average molecular weight is 529 g/mol. The second-order valence-electron chi connectivity index (χ2n) is 9.47. The van der Waals surface area contributed by atoms with E-state index in [9.17, 15) is 0 Å². The van der Waals surface area contributed by atoms with Gasteiger partial charge in [-0.25, -0.2) is 0 Å². The topological polar surface area (TPSA) is 48.9 Å². The standard InChI is InChI=1S/C24H40N4O.HI/c1-4-25-23(26-19-24(2,3)16-20-8-6-5-7-9-20)27-22-10-13-28(14-11-22)17-21-12-15-29-18-21;/h5-9,21-22H,4,10-19H2,1-3H3,(H2,25,26,27);1H. The molecule has 2 N–H and O–H groups in total. The van der Waals surface area contributed by atoms with E-state index in [2.05, 4.69) is 66.6 Å². The first kappa shape index (κ1) is 25.4. The van der Waals surface area contributed by atoms with Crippen LogP contribution in [0.2, 0.25) is 0 Å². The Bertz CT molecular complexity index is 623. The maximum Gasteiger partial charge on any atom is 0.191 e. The SMILES string of the molecule is CCNC(=NCC(C)(C)Cc1ccccc1)NC1CCN(CC2CCOC2)CC1.I. The van der Waals surface area contributed by atoms with Crippen LogP contribution >= 0.6 is 24.0 Å². The van der Waals surface area contributed by atoms with Crippen molar-refractivity contribution < 1.29 is 4.74 Å². The van der Waals surface area contributed by atoms with Gasteiger partial charge in [-0.1, -0.05) is 44.2 Å². The van der Waals surface area contributed by atoms with Crippen molar-refractivity contribution >= 4 is 29.9 Å². The summed E-state index contributed by atoms with van der Waals surface area (Å²) in [6.45, 7) is 13.9. The van der Waals surface area contributed by atoms with E-state index in [-0.39, 0.29) is 29.4 Å². The van der Waals surface area contributed by atoms with E-state index in [0.29, 0.717) is 6.04 Å². The molecule has 30 heavy (non-hydrogen) atoms. The Balaban J connectivity index is 0.00000320. The molecule has 2 aliphatic rings. The van der Waals surface area contributed by atoms with Crippen LogP contribution in [-0.2, 0) is 11.2 Å². The minimum atomic E-state index is 0. The number of hydrogen-bond acceptors (Lipinski definition) is 3. The summed E-state index contributed by atoms with van der Waals surface area (Å²) in [5, 5.41) is 7.14. The number of guanidine groups is 1. The third kappa shape index (κ3) is 8.71. The second kappa shape index (κ2) is 12.9. The summed E-state index contributed by atoms with van der Waals surface area (Å²) in [4.78, 5) is 7.56. The summed E-state index contributed by atoms with van der Waals surface area (Å²) in [5.41, 5.74) is 1.52. The summed E-state index contributed by atoms with van der Waals surface area (Å²) in [7, 11) is 0. The maximum atomic E-state index is 5.53. The van der Waals surface area contributed by atoms with E-state index in [4.69, 9.17) is 9.73 Å². The van der Waals surface area contributed by atoms with Crippen LogP contribution in [0.3, 0.4) is 0 Å². The molecular weight excluding hydrogens is 487 g/mol. The molecule has 2 aliphatic heterocycles. The van der Waals surface area contributed by atoms with Gasteiger partial charge >= 0.3 is 0 Å². The number of aliphatic imine (C=N–C) groups is 1. The first-order valence-corrected chi connectivity index (χ1v) is 11.4. The van der Waals surface area contributed by atoms with Gasteiger partial charge in [0.2, 0.25) is 0 Å². The highest BCUT2D eigenvalue weighted by Gasteiger charge is 2.24. The maximum absolute atomic E-state index is 5.53. The van der Waals surface area contributed by atoms with Crippen LogP contribution in [0.5, 0.6) is 0 Å². The largest absolute Gasteiger partial charge is 0.381 e. The zero-order valence-electron chi connectivity index (χ0n) is 19.0. The van der Waals surface area contributed by atoms with Crippen LogP contribution in [0.25, 0.3) is 0 Å². The van der Waals surface area contributed by atoms with Crippen molar-refractivity contribution in [3.63, 3.8) is 0 Å². The molecule has 2 heterocycles. The van der Waals surface area contributed by atoms with Crippen LogP contribution in [-0.4, -0.2) is 62.8 Å². The van der Waals surface area contributed by atoms with Crippen LogP contribution in [0, 0.1) is 11.3 Å². The zero-order chi connectivity index (χ0) is 20.5. The summed E-state index contributed by atoms with van der Waals surface area (Å²) in [5.74, 6) is 1.71. The normalized spacial score (nSPS) is 21.3. The van der Waals surface area contributed by atoms with E-state index in [1.807, 2.05) is 0 Å². The monoisotopic (exact) mass is 528 g/mol. The lowest BCUT2D eigenvalue weighted by molar-refractivity contribution is 0.150. The second-order valence-corrected chi connectivity index (χ2v) is 9.47. The van der Waals surface area contributed by atoms with E-state index in [0.717, 1.165) is 44.6 Å². The van der Waals surface area contributed by atoms with Gasteiger partial charge in [-0.2, -0.15) is 0 Å². The molecule has 0 saturated carbocycles. The van der Waals surface area contributed by atoms with Crippen molar-refractivity contribution in [1.29, 1.82) is 0 Å². The van der Waals surface area contributed by atoms with Crippen LogP contribution < -0.4 is 10.6 Å². The zero-order valence-corrected chi connectivity index (χ0v) is 21.4. The van der Waals surface area contributed by atoms with E-state index < -0.39 is 0 Å². The number of ether oxygens (including phenoxy) is 1. The van der Waals surface area contributed by atoms with Gasteiger partial charge in [-0.05, 0) is 49.5 Å². The quantitative estimate of drug-likeness (QED) is 0.305. The van der Waals surface area contributed by atoms with Gasteiger partial charge in [-0.3, -0.25) is 4.99 Å². The predicted molar refractivity (Wildman–Crippen MR) is 137 cm³/mol. The van der Waals surface area contributed by atoms with E-state index in [1.54, 1.807) is 0 Å². The molecule has 0 spiro atoms. The number of likely N-dealkylation sites (tertiary alicyclic amines) is 1. The molecule has 0 amide bonds. The lowest BCUT2D eigenvalue weighted by atomic mass is 9.86. The summed E-state index contributed by atoms with van der Waals surface area (Å²) < 4.78 is 5.53. The number of piperidine rings is 1. The van der Waals surface area contributed by atoms with Gasteiger partial charge in [0.1, 0.15) is 0 Å². The number of nitrogens with zero attached hydrogens (tertiary/aromatic N) is 2. The number of rotatable bonds is 8. The number of hydrogen-bond donors (Lipinski definition) is 2. The fourth-order valence-electron chi connectivity index (χ4n) is 4.36. The highest BCUT2D eigenvalue weighted by Crippen LogP contribution is 2.22. The predicted octanol–water partition coefficient (Wildman–Crippen LogP) is 3.93. The molecule has 1 atom stereocenters. The molecule has 2 saturated heterocycles. The molecule has 0 radical (unpaired) electrons.